The molecule has 1 atom stereocenters. The lowest BCUT2D eigenvalue weighted by Crippen LogP contribution is -2.14. The van der Waals surface area contributed by atoms with Crippen LogP contribution < -0.4 is 14.8 Å². The Kier molecular flexibility index (Phi) is 6.56. The average molecular weight is 460 g/mol. The molecule has 0 radical (unpaired) electrons. The molecule has 9 nitrogen and oxygen atoms in total. The molecule has 168 valence electrons. The number of hydrogen-bond acceptors (Lipinski definition) is 9. The first-order chi connectivity index (χ1) is 15.5. The van der Waals surface area contributed by atoms with E-state index in [1.165, 1.54) is 19.5 Å². The van der Waals surface area contributed by atoms with Gasteiger partial charge < -0.3 is 14.2 Å². The summed E-state index contributed by atoms with van der Waals surface area (Å²) in [6, 6.07) is 1.63. The number of ether oxygens (including phenoxy) is 3. The molecule has 0 unspecified atom stereocenters. The van der Waals surface area contributed by atoms with E-state index < -0.39 is 11.7 Å². The molecule has 1 aliphatic rings. The van der Waals surface area contributed by atoms with Crippen molar-refractivity contribution in [2.24, 2.45) is 5.92 Å². The summed E-state index contributed by atoms with van der Waals surface area (Å²) in [6.45, 7) is 5.19. The maximum absolute atomic E-state index is 15.0. The number of aromatic nitrogens is 4. The lowest BCUT2D eigenvalue weighted by atomic mass is 9.99. The molecular formula is C21H22FN5O4S. The van der Waals surface area contributed by atoms with Gasteiger partial charge in [-0.25, -0.2) is 4.39 Å². The van der Waals surface area contributed by atoms with E-state index in [1.54, 1.807) is 19.9 Å². The van der Waals surface area contributed by atoms with Crippen molar-refractivity contribution in [1.29, 1.82) is 0 Å². The highest BCUT2D eigenvalue weighted by Gasteiger charge is 2.23. The summed E-state index contributed by atoms with van der Waals surface area (Å²) in [5.74, 6) is -0.524. The monoisotopic (exact) mass is 459 g/mol. The number of carbonyl (C=O) groups is 1. The van der Waals surface area contributed by atoms with Crippen LogP contribution in [0.15, 0.2) is 18.5 Å². The molecule has 11 heteroatoms. The van der Waals surface area contributed by atoms with E-state index in [2.05, 4.69) is 25.5 Å². The fraction of sp³-hybridized carbons (Fsp3) is 0.381. The van der Waals surface area contributed by atoms with E-state index in [1.807, 2.05) is 0 Å². The number of amides is 1. The molecule has 32 heavy (non-hydrogen) atoms. The van der Waals surface area contributed by atoms with Crippen LogP contribution in [-0.4, -0.2) is 53.0 Å². The maximum Gasteiger partial charge on any atom is 0.295 e. The SMILES string of the molecule is COc1cnc(C)c(F)c1-c1cc(C)ncc1C(=O)Nc1nnc(OC[C@H]2CCOC2)s1. The molecular weight excluding hydrogens is 437 g/mol. The molecule has 1 aliphatic heterocycles. The number of anilines is 1. The fourth-order valence-electron chi connectivity index (χ4n) is 3.31. The van der Waals surface area contributed by atoms with Crippen LogP contribution in [0.2, 0.25) is 0 Å². The molecule has 3 aromatic heterocycles. The predicted octanol–water partition coefficient (Wildman–Crippen LogP) is 3.43. The quantitative estimate of drug-likeness (QED) is 0.573. The van der Waals surface area contributed by atoms with Crippen LogP contribution in [0.5, 0.6) is 10.9 Å². The third-order valence-electron chi connectivity index (χ3n) is 5.03. The highest BCUT2D eigenvalue weighted by atomic mass is 32.1. The number of rotatable bonds is 7. The molecule has 4 heterocycles. The van der Waals surface area contributed by atoms with Crippen LogP contribution in [0.1, 0.15) is 28.2 Å². The first-order valence-electron chi connectivity index (χ1n) is 9.97. The summed E-state index contributed by atoms with van der Waals surface area (Å²) >= 11 is 1.11. The number of hydrogen-bond donors (Lipinski definition) is 1. The number of nitrogens with one attached hydrogen (secondary N) is 1. The van der Waals surface area contributed by atoms with E-state index in [9.17, 15) is 4.79 Å². The Bertz CT molecular complexity index is 1130. The van der Waals surface area contributed by atoms with Crippen LogP contribution in [-0.2, 0) is 4.74 Å². The van der Waals surface area contributed by atoms with Crippen LogP contribution >= 0.6 is 11.3 Å². The third-order valence-corrected chi connectivity index (χ3v) is 5.78. The van der Waals surface area contributed by atoms with Crippen molar-refractivity contribution in [2.75, 3.05) is 32.2 Å². The minimum Gasteiger partial charge on any atom is -0.494 e. The van der Waals surface area contributed by atoms with Gasteiger partial charge in [0.15, 0.2) is 5.82 Å². The van der Waals surface area contributed by atoms with Gasteiger partial charge in [0.1, 0.15) is 5.75 Å². The van der Waals surface area contributed by atoms with E-state index >= 15 is 4.39 Å². The van der Waals surface area contributed by atoms with Crippen molar-refractivity contribution in [3.63, 3.8) is 0 Å². The highest BCUT2D eigenvalue weighted by molar-refractivity contribution is 7.17. The Hall–Kier alpha value is -3.18. The molecule has 0 bridgehead atoms. The van der Waals surface area contributed by atoms with E-state index in [0.29, 0.717) is 35.6 Å². The van der Waals surface area contributed by atoms with Crippen molar-refractivity contribution >= 4 is 22.4 Å². The van der Waals surface area contributed by atoms with Crippen molar-refractivity contribution in [1.82, 2.24) is 20.2 Å². The zero-order chi connectivity index (χ0) is 22.7. The lowest BCUT2D eigenvalue weighted by Gasteiger charge is -2.14. The molecule has 0 aliphatic carbocycles. The zero-order valence-electron chi connectivity index (χ0n) is 17.8. The van der Waals surface area contributed by atoms with Gasteiger partial charge in [0.05, 0.1) is 43.3 Å². The molecule has 0 spiro atoms. The maximum atomic E-state index is 15.0. The summed E-state index contributed by atoms with van der Waals surface area (Å²) < 4.78 is 31.3. The Morgan fingerprint density at radius 1 is 1.31 bits per heavy atom. The molecule has 1 fully saturated rings. The normalized spacial score (nSPS) is 15.6. The number of carbonyl (C=O) groups excluding carboxylic acids is 1. The van der Waals surface area contributed by atoms with Gasteiger partial charge in [0.2, 0.25) is 5.13 Å². The van der Waals surface area contributed by atoms with Gasteiger partial charge in [0.25, 0.3) is 11.1 Å². The largest absolute Gasteiger partial charge is 0.494 e. The van der Waals surface area contributed by atoms with Crippen LogP contribution in [0.25, 0.3) is 11.1 Å². The van der Waals surface area contributed by atoms with Crippen LogP contribution in [0.3, 0.4) is 0 Å². The number of pyridine rings is 2. The van der Waals surface area contributed by atoms with Gasteiger partial charge in [0, 0.05) is 30.0 Å². The van der Waals surface area contributed by atoms with Gasteiger partial charge in [-0.05, 0) is 37.7 Å². The number of aryl methyl sites for hydroxylation is 2. The minimum atomic E-state index is -0.563. The topological polar surface area (TPSA) is 108 Å². The van der Waals surface area contributed by atoms with Gasteiger partial charge >= 0.3 is 0 Å². The zero-order valence-corrected chi connectivity index (χ0v) is 18.7. The smallest absolute Gasteiger partial charge is 0.295 e. The standard InChI is InChI=1S/C21H22FN5O4S/c1-11-6-14(17-16(29-3)8-24-12(2)18(17)22)15(7-23-11)19(28)25-20-26-27-21(32-20)31-10-13-4-5-30-9-13/h6-8,13H,4-5,9-10H2,1-3H3,(H,25,26,28)/t13-/m0/s1. The number of nitrogens with zero attached hydrogens (tertiary/aromatic N) is 4. The summed E-state index contributed by atoms with van der Waals surface area (Å²) in [7, 11) is 1.42. The summed E-state index contributed by atoms with van der Waals surface area (Å²) in [5, 5.41) is 11.2. The first kappa shape index (κ1) is 22.0. The van der Waals surface area contributed by atoms with Crippen molar-refractivity contribution in [2.45, 2.75) is 20.3 Å². The molecule has 0 aromatic carbocycles. The average Bonchev–Trinajstić information content (AvgIpc) is 3.46. The van der Waals surface area contributed by atoms with E-state index in [4.69, 9.17) is 14.2 Å². The van der Waals surface area contributed by atoms with Gasteiger partial charge in [-0.1, -0.05) is 5.10 Å². The molecule has 4 rings (SSSR count). The summed E-state index contributed by atoms with van der Waals surface area (Å²) in [4.78, 5) is 21.2. The second kappa shape index (κ2) is 9.53. The van der Waals surface area contributed by atoms with E-state index in [-0.39, 0.29) is 27.7 Å². The highest BCUT2D eigenvalue weighted by Crippen LogP contribution is 2.36. The number of methoxy groups -OCH3 is 1. The molecule has 1 N–H and O–H groups in total. The first-order valence-corrected chi connectivity index (χ1v) is 10.8. The molecule has 1 saturated heterocycles. The van der Waals surface area contributed by atoms with Crippen LogP contribution in [0, 0.1) is 25.6 Å². The van der Waals surface area contributed by atoms with Gasteiger partial charge in [-0.3, -0.25) is 20.1 Å². The second-order valence-corrected chi connectivity index (χ2v) is 8.28. The third kappa shape index (κ3) is 4.68. The van der Waals surface area contributed by atoms with Crippen LogP contribution in [0.4, 0.5) is 9.52 Å². The molecule has 3 aromatic rings. The Balaban J connectivity index is 1.57. The van der Waals surface area contributed by atoms with Gasteiger partial charge in [-0.15, -0.1) is 5.10 Å². The molecule has 0 saturated carbocycles. The molecule has 1 amide bonds. The van der Waals surface area contributed by atoms with Crippen molar-refractivity contribution in [3.8, 4) is 22.1 Å². The van der Waals surface area contributed by atoms with Crippen molar-refractivity contribution in [3.05, 3.63) is 41.2 Å². The minimum absolute atomic E-state index is 0.149. The number of halogens is 1. The second-order valence-electron chi connectivity index (χ2n) is 7.34. The predicted molar refractivity (Wildman–Crippen MR) is 116 cm³/mol. The Labute approximate surface area is 188 Å². The Morgan fingerprint density at radius 2 is 2.16 bits per heavy atom. The van der Waals surface area contributed by atoms with Gasteiger partial charge in [-0.2, -0.15) is 0 Å². The van der Waals surface area contributed by atoms with E-state index in [0.717, 1.165) is 24.4 Å². The Morgan fingerprint density at radius 3 is 2.91 bits per heavy atom. The van der Waals surface area contributed by atoms with Crippen molar-refractivity contribution < 1.29 is 23.4 Å². The fourth-order valence-corrected chi connectivity index (χ4v) is 3.91. The summed E-state index contributed by atoms with van der Waals surface area (Å²) in [6.07, 6.45) is 3.77. The summed E-state index contributed by atoms with van der Waals surface area (Å²) in [5.41, 5.74) is 1.47. The lowest BCUT2D eigenvalue weighted by molar-refractivity contribution is 0.102.